The third kappa shape index (κ3) is 10.7. The number of thioether (sulfide) groups is 1. The molecule has 12 N–H and O–H groups in total. The van der Waals surface area contributed by atoms with E-state index in [1.165, 1.54) is 34.6 Å². The lowest BCUT2D eigenvalue weighted by atomic mass is 9.96. The van der Waals surface area contributed by atoms with E-state index >= 15 is 0 Å². The van der Waals surface area contributed by atoms with Crippen molar-refractivity contribution in [3.8, 4) is 0 Å². The summed E-state index contributed by atoms with van der Waals surface area (Å²) in [7, 11) is 0. The number of rotatable bonds is 4. The smallest absolute Gasteiger partial charge is 0.246 e. The second kappa shape index (κ2) is 19.0. The summed E-state index contributed by atoms with van der Waals surface area (Å²) < 4.78 is 0. The van der Waals surface area contributed by atoms with Gasteiger partial charge < -0.3 is 67.5 Å². The van der Waals surface area contributed by atoms with E-state index in [2.05, 4.69) is 42.2 Å². The molecule has 2 aromatic rings. The molecule has 2 bridgehead atoms. The van der Waals surface area contributed by atoms with Crippen LogP contribution in [0.2, 0.25) is 0 Å². The Kier molecular flexibility index (Phi) is 14.5. The maximum absolute atomic E-state index is 14.4. The van der Waals surface area contributed by atoms with Crippen LogP contribution in [0.1, 0.15) is 53.0 Å². The monoisotopic (exact) mass is 859 g/mol. The van der Waals surface area contributed by atoms with E-state index < -0.39 is 126 Å². The van der Waals surface area contributed by atoms with Gasteiger partial charge in [-0.2, -0.15) is 0 Å². The first-order valence-electron chi connectivity index (χ1n) is 19.5. The number of fused-ring (bicyclic) bond motifs is 5. The Morgan fingerprint density at radius 2 is 1.37 bits per heavy atom. The van der Waals surface area contributed by atoms with Crippen LogP contribution in [0.4, 0.5) is 0 Å². The first-order chi connectivity index (χ1) is 28.2. The van der Waals surface area contributed by atoms with Crippen molar-refractivity contribution >= 4 is 69.9 Å². The van der Waals surface area contributed by atoms with Crippen molar-refractivity contribution in [3.05, 3.63) is 29.8 Å². The van der Waals surface area contributed by atoms with Crippen LogP contribution in [-0.4, -0.2) is 163 Å². The molecule has 0 unspecified atom stereocenters. The quantitative estimate of drug-likeness (QED) is 0.139. The highest BCUT2D eigenvalue weighted by molar-refractivity contribution is 7.99. The molecule has 0 aliphatic carbocycles. The van der Waals surface area contributed by atoms with Crippen LogP contribution in [-0.2, 0) is 44.8 Å². The highest BCUT2D eigenvalue weighted by Gasteiger charge is 2.44. The van der Waals surface area contributed by atoms with Crippen LogP contribution in [0.25, 0.3) is 10.9 Å². The molecule has 1 saturated heterocycles. The highest BCUT2D eigenvalue weighted by Crippen LogP contribution is 2.32. The van der Waals surface area contributed by atoms with Gasteiger partial charge in [-0.15, -0.1) is 11.8 Å². The third-order valence-corrected chi connectivity index (χ3v) is 11.8. The highest BCUT2D eigenvalue weighted by atomic mass is 32.2. The second-order valence-corrected chi connectivity index (χ2v) is 16.9. The van der Waals surface area contributed by atoms with Crippen molar-refractivity contribution in [2.45, 2.75) is 125 Å². The van der Waals surface area contributed by atoms with Gasteiger partial charge in [0.25, 0.3) is 0 Å². The van der Waals surface area contributed by atoms with E-state index in [4.69, 9.17) is 0 Å². The summed E-state index contributed by atoms with van der Waals surface area (Å²) in [5.74, 6) is -7.36. The molecule has 4 heterocycles. The minimum absolute atomic E-state index is 0.216. The SMILES string of the molecule is C[C@@H]1NC(=O)[C@H](C)NC(=O)[C@H](C[C@@](C)(O)CO)NC(=O)[C@@H]2Cc3c([nH]c4ccccc34)SC[C@H](NC(=O)[C@@H]([C@H](C)O)NC1=O)C(=O)N1C[C@@H](O)C[C@H]1C(=O)N[C@@H](C)C(=O)N2. The van der Waals surface area contributed by atoms with Crippen molar-refractivity contribution in [3.63, 3.8) is 0 Å². The molecule has 1 aromatic carbocycles. The van der Waals surface area contributed by atoms with Gasteiger partial charge in [-0.25, -0.2) is 0 Å². The predicted molar refractivity (Wildman–Crippen MR) is 213 cm³/mol. The number of nitrogens with zero attached hydrogens (tertiary/aromatic N) is 1. The fourth-order valence-corrected chi connectivity index (χ4v) is 8.26. The number of aliphatic hydroxyl groups is 4. The Morgan fingerprint density at radius 1 is 0.783 bits per heavy atom. The van der Waals surface area contributed by atoms with E-state index in [0.717, 1.165) is 16.7 Å². The molecule has 0 radical (unpaired) electrons. The fourth-order valence-electron chi connectivity index (χ4n) is 7.15. The number of aromatic amines is 1. The van der Waals surface area contributed by atoms with E-state index in [1.54, 1.807) is 24.3 Å². The maximum atomic E-state index is 14.4. The van der Waals surface area contributed by atoms with Gasteiger partial charge in [0, 0.05) is 42.5 Å². The first-order valence-corrected chi connectivity index (χ1v) is 20.5. The number of benzene rings is 1. The largest absolute Gasteiger partial charge is 0.393 e. The molecule has 8 amide bonds. The average Bonchev–Trinajstić information content (AvgIpc) is 3.76. The molecule has 5 rings (SSSR count). The number of H-pyrrole nitrogens is 1. The third-order valence-electron chi connectivity index (χ3n) is 10.6. The van der Waals surface area contributed by atoms with Crippen LogP contribution >= 0.6 is 11.8 Å². The zero-order valence-electron chi connectivity index (χ0n) is 33.7. The number of aliphatic hydroxyl groups excluding tert-OH is 3. The minimum Gasteiger partial charge on any atom is -0.393 e. The zero-order chi connectivity index (χ0) is 44.2. The molecule has 60 heavy (non-hydrogen) atoms. The molecule has 3 aliphatic rings. The molecule has 1 aromatic heterocycles. The number of aromatic nitrogens is 1. The summed E-state index contributed by atoms with van der Waals surface area (Å²) >= 11 is 1.05. The normalized spacial score (nSPS) is 30.9. The zero-order valence-corrected chi connectivity index (χ0v) is 34.6. The first kappa shape index (κ1) is 45.8. The van der Waals surface area contributed by atoms with Gasteiger partial charge in [0.05, 0.1) is 29.4 Å². The molecule has 3 aliphatic heterocycles. The molecular formula is C38H53N9O12S. The van der Waals surface area contributed by atoms with Crippen LogP contribution in [0.5, 0.6) is 0 Å². The number of hydrogen-bond donors (Lipinski definition) is 12. The number of hydrogen-bond acceptors (Lipinski definition) is 13. The molecule has 11 atom stereocenters. The number of amides is 8. The summed E-state index contributed by atoms with van der Waals surface area (Å²) in [4.78, 5) is 115. The number of para-hydroxylation sites is 1. The lowest BCUT2D eigenvalue weighted by molar-refractivity contribution is -0.142. The second-order valence-electron chi connectivity index (χ2n) is 15.8. The summed E-state index contributed by atoms with van der Waals surface area (Å²) in [6.45, 7) is 5.20. The fraction of sp³-hybridized carbons (Fsp3) is 0.579. The van der Waals surface area contributed by atoms with Gasteiger partial charge in [0.1, 0.15) is 48.3 Å². The number of carbonyl (C=O) groups is 8. The van der Waals surface area contributed by atoms with E-state index in [9.17, 15) is 58.8 Å². The van der Waals surface area contributed by atoms with E-state index in [-0.39, 0.29) is 25.1 Å². The molecule has 0 spiro atoms. The van der Waals surface area contributed by atoms with Crippen LogP contribution in [0.3, 0.4) is 0 Å². The lowest BCUT2D eigenvalue weighted by Crippen LogP contribution is -2.62. The molecule has 21 nitrogen and oxygen atoms in total. The Balaban J connectivity index is 1.68. The number of nitrogens with one attached hydrogen (secondary N) is 8. The van der Waals surface area contributed by atoms with Gasteiger partial charge >= 0.3 is 0 Å². The Bertz CT molecular complexity index is 2010. The predicted octanol–water partition coefficient (Wildman–Crippen LogP) is -4.24. The maximum Gasteiger partial charge on any atom is 0.246 e. The van der Waals surface area contributed by atoms with Crippen molar-refractivity contribution in [2.24, 2.45) is 0 Å². The molecule has 22 heteroatoms. The summed E-state index contributed by atoms with van der Waals surface area (Å²) in [6.07, 6.45) is -3.71. The number of carbonyl (C=O) groups excluding carboxylic acids is 8. The Labute approximate surface area is 348 Å². The van der Waals surface area contributed by atoms with Crippen LogP contribution < -0.4 is 37.2 Å². The van der Waals surface area contributed by atoms with E-state index in [0.29, 0.717) is 21.5 Å². The Morgan fingerprint density at radius 3 is 2.02 bits per heavy atom. The van der Waals surface area contributed by atoms with Gasteiger partial charge in [0.15, 0.2) is 0 Å². The lowest BCUT2D eigenvalue weighted by Gasteiger charge is -2.31. The molecule has 1 fully saturated rings. The van der Waals surface area contributed by atoms with Gasteiger partial charge in [-0.1, -0.05) is 18.2 Å². The minimum atomic E-state index is -1.92. The summed E-state index contributed by atoms with van der Waals surface area (Å²) in [6, 6.07) is -4.54. The molecule has 0 saturated carbocycles. The summed E-state index contributed by atoms with van der Waals surface area (Å²) in [5, 5.41) is 60.7. The average molecular weight is 860 g/mol. The van der Waals surface area contributed by atoms with Gasteiger partial charge in [-0.05, 0) is 46.2 Å². The van der Waals surface area contributed by atoms with Crippen LogP contribution in [0.15, 0.2) is 29.3 Å². The molecular weight excluding hydrogens is 807 g/mol. The van der Waals surface area contributed by atoms with Crippen molar-refractivity contribution in [1.29, 1.82) is 0 Å². The van der Waals surface area contributed by atoms with Crippen LogP contribution in [0, 0.1) is 0 Å². The topological polar surface area (TPSA) is 321 Å². The van der Waals surface area contributed by atoms with E-state index in [1.807, 2.05) is 0 Å². The molecule has 328 valence electrons. The van der Waals surface area contributed by atoms with Gasteiger partial charge in [-0.3, -0.25) is 38.4 Å². The Hall–Kier alpha value is -5.29. The standard InChI is InChI=1S/C38H53N9O12S/c1-16-29(51)39-18(3)31(53)46-28(19(4)49)35(57)44-26-14-60-36-22(21-8-6-7-9-23(21)45-36)11-24(32(54)43-25(33(55)40-16)12-38(5,59)15-48)42-30(52)17(2)41-34(56)27-10-20(50)13-47(27)37(26)58/h6-9,16-20,24-28,45,48-50,59H,10-15H2,1-5H3,(H,39,51)(H,40,55)(H,41,56)(H,42,52)(H,43,54)(H,44,57)(H,46,53)/t16-,17-,18-,19-,20-,24-,25-,26-,27-,28+,38+/m0/s1. The van der Waals surface area contributed by atoms with Gasteiger partial charge in [0.2, 0.25) is 47.3 Å². The van der Waals surface area contributed by atoms with Crippen molar-refractivity contribution in [1.82, 2.24) is 47.1 Å². The summed E-state index contributed by atoms with van der Waals surface area (Å²) in [5.41, 5.74) is -0.857. The van der Waals surface area contributed by atoms with Crippen molar-refractivity contribution in [2.75, 3.05) is 18.9 Å². The van der Waals surface area contributed by atoms with Crippen molar-refractivity contribution < 1.29 is 58.8 Å².